The van der Waals surface area contributed by atoms with Crippen molar-refractivity contribution in [3.63, 3.8) is 0 Å². The van der Waals surface area contributed by atoms with Crippen LogP contribution >= 0.6 is 0 Å². The number of hydrogen-bond donors (Lipinski definition) is 1. The van der Waals surface area contributed by atoms with Gasteiger partial charge in [-0.15, -0.1) is 0 Å². The number of ether oxygens (including phenoxy) is 1. The van der Waals surface area contributed by atoms with Gasteiger partial charge in [0.25, 0.3) is 0 Å². The molecular formula is C16H20F3NO4S. The van der Waals surface area contributed by atoms with E-state index in [9.17, 15) is 26.4 Å². The van der Waals surface area contributed by atoms with Gasteiger partial charge in [0.1, 0.15) is 0 Å². The van der Waals surface area contributed by atoms with E-state index in [2.05, 4.69) is 4.74 Å². The van der Waals surface area contributed by atoms with Crippen molar-refractivity contribution in [3.8, 4) is 0 Å². The maximum Gasteiger partial charge on any atom is 0.418 e. The van der Waals surface area contributed by atoms with Crippen LogP contribution in [0.25, 0.3) is 0 Å². The normalized spacial score (nSPS) is 15.1. The van der Waals surface area contributed by atoms with Gasteiger partial charge in [0.2, 0.25) is 15.6 Å². The van der Waals surface area contributed by atoms with Crippen LogP contribution in [0.4, 0.5) is 13.2 Å². The van der Waals surface area contributed by atoms with Crippen molar-refractivity contribution in [1.29, 1.82) is 0 Å². The van der Waals surface area contributed by atoms with Crippen molar-refractivity contribution >= 4 is 16.0 Å². The van der Waals surface area contributed by atoms with Crippen molar-refractivity contribution < 1.29 is 31.1 Å². The molecule has 0 saturated heterocycles. The van der Waals surface area contributed by atoms with E-state index in [-0.39, 0.29) is 4.90 Å². The summed E-state index contributed by atoms with van der Waals surface area (Å²) in [7, 11) is -3.83. The summed E-state index contributed by atoms with van der Waals surface area (Å²) < 4.78 is 71.6. The summed E-state index contributed by atoms with van der Waals surface area (Å²) >= 11 is 0. The number of unbranched alkanes of at least 4 members (excludes halogenated alkanes) is 1. The maximum atomic E-state index is 13.7. The third-order valence-electron chi connectivity index (χ3n) is 3.43. The molecule has 9 heteroatoms. The summed E-state index contributed by atoms with van der Waals surface area (Å²) in [6.45, 7) is 1.83. The summed E-state index contributed by atoms with van der Waals surface area (Å²) in [6, 6.07) is 6.51. The lowest BCUT2D eigenvalue weighted by molar-refractivity contribution is -0.207. The van der Waals surface area contributed by atoms with Crippen LogP contribution in [0.15, 0.2) is 47.4 Å². The number of esters is 1. The lowest BCUT2D eigenvalue weighted by Crippen LogP contribution is -2.64. The Morgan fingerprint density at radius 1 is 1.20 bits per heavy atom. The molecular weight excluding hydrogens is 359 g/mol. The van der Waals surface area contributed by atoms with E-state index in [1.54, 1.807) is 0 Å². The van der Waals surface area contributed by atoms with Gasteiger partial charge >= 0.3 is 12.1 Å². The van der Waals surface area contributed by atoms with Crippen molar-refractivity contribution in [1.82, 2.24) is 4.72 Å². The van der Waals surface area contributed by atoms with Gasteiger partial charge in [0.15, 0.2) is 0 Å². The monoisotopic (exact) mass is 379 g/mol. The molecule has 0 saturated carbocycles. The Morgan fingerprint density at radius 3 is 2.28 bits per heavy atom. The molecule has 1 rings (SSSR count). The molecule has 0 spiro atoms. The number of carbonyl (C=O) groups is 1. The fourth-order valence-electron chi connectivity index (χ4n) is 2.06. The van der Waals surface area contributed by atoms with Crippen LogP contribution in [0.5, 0.6) is 0 Å². The Balaban J connectivity index is 3.36. The lowest BCUT2D eigenvalue weighted by atomic mass is 9.95. The Labute approximate surface area is 144 Å². The summed E-state index contributed by atoms with van der Waals surface area (Å²) in [6.07, 6.45) is -2.32. The Bertz CT molecular complexity index is 702. The maximum absolute atomic E-state index is 13.7. The van der Waals surface area contributed by atoms with Gasteiger partial charge in [0.05, 0.1) is 12.0 Å². The number of halogens is 3. The van der Waals surface area contributed by atoms with Crippen LogP contribution in [0.1, 0.15) is 26.2 Å². The largest absolute Gasteiger partial charge is 0.467 e. The van der Waals surface area contributed by atoms with Crippen molar-refractivity contribution in [3.05, 3.63) is 42.5 Å². The topological polar surface area (TPSA) is 72.5 Å². The highest BCUT2D eigenvalue weighted by Crippen LogP contribution is 2.36. The highest BCUT2D eigenvalue weighted by molar-refractivity contribution is 7.89. The minimum absolute atomic E-state index is 0.384. The number of allylic oxidation sites excluding steroid dienone is 1. The quantitative estimate of drug-likeness (QED) is 0.556. The second-order valence-corrected chi connectivity index (χ2v) is 6.96. The van der Waals surface area contributed by atoms with Crippen LogP contribution < -0.4 is 4.72 Å². The summed E-state index contributed by atoms with van der Waals surface area (Å²) in [5, 5.41) is 0. The molecule has 0 bridgehead atoms. The number of benzene rings is 1. The fourth-order valence-corrected chi connectivity index (χ4v) is 3.44. The number of methoxy groups -OCH3 is 1. The zero-order valence-corrected chi connectivity index (χ0v) is 14.7. The van der Waals surface area contributed by atoms with Gasteiger partial charge in [-0.3, -0.25) is 0 Å². The molecule has 0 fully saturated rings. The van der Waals surface area contributed by atoms with E-state index in [4.69, 9.17) is 0 Å². The molecule has 5 nitrogen and oxygen atoms in total. The second kappa shape index (κ2) is 8.48. The fraction of sp³-hybridized carbons (Fsp3) is 0.438. The SMILES string of the molecule is CCC/C=C\C[C@@](NS(=O)(=O)c1ccccc1)(C(=O)OC)C(F)(F)F. The third kappa shape index (κ3) is 5.05. The second-order valence-electron chi connectivity index (χ2n) is 5.28. The molecule has 1 aromatic carbocycles. The van der Waals surface area contributed by atoms with E-state index < -0.39 is 34.1 Å². The van der Waals surface area contributed by atoms with Gasteiger partial charge in [-0.25, -0.2) is 13.2 Å². The molecule has 0 aliphatic carbocycles. The summed E-state index contributed by atoms with van der Waals surface area (Å²) in [4.78, 5) is 11.6. The zero-order chi connectivity index (χ0) is 19.1. The Kier molecular flexibility index (Phi) is 7.18. The molecule has 0 aromatic heterocycles. The molecule has 0 radical (unpaired) electrons. The van der Waals surface area contributed by atoms with Gasteiger partial charge in [-0.1, -0.05) is 43.7 Å². The first-order valence-electron chi connectivity index (χ1n) is 7.50. The van der Waals surface area contributed by atoms with E-state index in [1.165, 1.54) is 29.0 Å². The van der Waals surface area contributed by atoms with E-state index >= 15 is 0 Å². The molecule has 0 unspecified atom stereocenters. The molecule has 25 heavy (non-hydrogen) atoms. The molecule has 0 heterocycles. The smallest absolute Gasteiger partial charge is 0.418 e. The van der Waals surface area contributed by atoms with Crippen LogP contribution in [0, 0.1) is 0 Å². The molecule has 140 valence electrons. The number of hydrogen-bond acceptors (Lipinski definition) is 4. The molecule has 1 atom stereocenters. The standard InChI is InChI=1S/C16H20F3NO4S/c1-3-4-5-9-12-15(14(21)24-2,16(17,18)19)20-25(22,23)13-10-7-6-8-11-13/h5-11,20H,3-4,12H2,1-2H3/b9-5-/t15-/m1/s1. The van der Waals surface area contributed by atoms with Crippen LogP contribution in [-0.2, 0) is 19.6 Å². The average molecular weight is 379 g/mol. The predicted molar refractivity (Wildman–Crippen MR) is 86.2 cm³/mol. The average Bonchev–Trinajstić information content (AvgIpc) is 2.56. The summed E-state index contributed by atoms with van der Waals surface area (Å²) in [5.41, 5.74) is -3.40. The summed E-state index contributed by atoms with van der Waals surface area (Å²) in [5.74, 6) is -1.72. The first-order valence-corrected chi connectivity index (χ1v) is 8.98. The highest BCUT2D eigenvalue weighted by atomic mass is 32.2. The van der Waals surface area contributed by atoms with Gasteiger partial charge in [-0.2, -0.15) is 17.9 Å². The van der Waals surface area contributed by atoms with E-state index in [0.717, 1.165) is 25.3 Å². The highest BCUT2D eigenvalue weighted by Gasteiger charge is 2.62. The van der Waals surface area contributed by atoms with Crippen LogP contribution in [0.3, 0.4) is 0 Å². The van der Waals surface area contributed by atoms with Crippen molar-refractivity contribution in [2.75, 3.05) is 7.11 Å². The number of rotatable bonds is 8. The van der Waals surface area contributed by atoms with Crippen molar-refractivity contribution in [2.45, 2.75) is 42.8 Å². The number of nitrogens with one attached hydrogen (secondary N) is 1. The minimum Gasteiger partial charge on any atom is -0.467 e. The predicted octanol–water partition coefficient (Wildman–Crippen LogP) is 3.19. The van der Waals surface area contributed by atoms with Gasteiger partial charge in [-0.05, 0) is 18.6 Å². The molecule has 0 aliphatic heterocycles. The van der Waals surface area contributed by atoms with Crippen LogP contribution in [-0.4, -0.2) is 33.2 Å². The van der Waals surface area contributed by atoms with Gasteiger partial charge in [0, 0.05) is 6.42 Å². The number of carbonyl (C=O) groups excluding carboxylic acids is 1. The molecule has 1 aromatic rings. The molecule has 1 N–H and O–H groups in total. The first kappa shape index (κ1) is 21.2. The number of sulfonamides is 1. The van der Waals surface area contributed by atoms with E-state index in [1.807, 2.05) is 6.92 Å². The Morgan fingerprint density at radius 2 is 1.80 bits per heavy atom. The first-order chi connectivity index (χ1) is 11.6. The molecule has 0 aliphatic rings. The lowest BCUT2D eigenvalue weighted by Gasteiger charge is -2.32. The zero-order valence-electron chi connectivity index (χ0n) is 13.8. The van der Waals surface area contributed by atoms with E-state index in [0.29, 0.717) is 12.8 Å². The minimum atomic E-state index is -5.20. The van der Waals surface area contributed by atoms with Crippen molar-refractivity contribution in [2.24, 2.45) is 0 Å². The van der Waals surface area contributed by atoms with Crippen LogP contribution in [0.2, 0.25) is 0 Å². The Hall–Kier alpha value is -1.87. The third-order valence-corrected chi connectivity index (χ3v) is 4.94. The van der Waals surface area contributed by atoms with Gasteiger partial charge < -0.3 is 4.74 Å². The molecule has 0 amide bonds. The number of alkyl halides is 3.